The topological polar surface area (TPSA) is 73.9 Å². The molecule has 3 rings (SSSR count). The van der Waals surface area contributed by atoms with Gasteiger partial charge in [0.05, 0.1) is 6.04 Å². The predicted molar refractivity (Wildman–Crippen MR) is 88.3 cm³/mol. The van der Waals surface area contributed by atoms with Crippen molar-refractivity contribution in [1.29, 1.82) is 0 Å². The van der Waals surface area contributed by atoms with E-state index in [2.05, 4.69) is 20.5 Å². The fourth-order valence-electron chi connectivity index (χ4n) is 2.90. The van der Waals surface area contributed by atoms with E-state index in [1.54, 1.807) is 0 Å². The van der Waals surface area contributed by atoms with Crippen LogP contribution in [0.2, 0.25) is 5.02 Å². The van der Waals surface area contributed by atoms with Crippen LogP contribution in [0.15, 0.2) is 30.6 Å². The van der Waals surface area contributed by atoms with Gasteiger partial charge < -0.3 is 10.2 Å². The van der Waals surface area contributed by atoms with Crippen LogP contribution in [0, 0.1) is 0 Å². The van der Waals surface area contributed by atoms with Crippen molar-refractivity contribution in [2.24, 2.45) is 0 Å². The molecule has 1 atom stereocenters. The number of carbonyl (C=O) groups excluding carboxylic acids is 1. The lowest BCUT2D eigenvalue weighted by atomic mass is 9.96. The van der Waals surface area contributed by atoms with E-state index in [1.165, 1.54) is 6.33 Å². The largest absolute Gasteiger partial charge is 0.331 e. The number of rotatable bonds is 3. The number of carbonyl (C=O) groups is 1. The monoisotopic (exact) mass is 333 g/mol. The first kappa shape index (κ1) is 15.8. The Hall–Kier alpha value is -2.08. The van der Waals surface area contributed by atoms with Crippen molar-refractivity contribution in [3.05, 3.63) is 47.0 Å². The maximum atomic E-state index is 12.4. The molecule has 0 spiro atoms. The molecule has 2 aromatic rings. The van der Waals surface area contributed by atoms with Gasteiger partial charge in [-0.25, -0.2) is 9.78 Å². The summed E-state index contributed by atoms with van der Waals surface area (Å²) in [6, 6.07) is 7.45. The highest BCUT2D eigenvalue weighted by Gasteiger charge is 2.26. The molecule has 122 valence electrons. The number of aromatic amines is 1. The minimum Gasteiger partial charge on any atom is -0.331 e. The number of nitrogens with zero attached hydrogens (tertiary/aromatic N) is 3. The van der Waals surface area contributed by atoms with Crippen LogP contribution in [-0.4, -0.2) is 39.2 Å². The van der Waals surface area contributed by atoms with E-state index >= 15 is 0 Å². The minimum atomic E-state index is -0.0757. The second-order valence-corrected chi connectivity index (χ2v) is 6.29. The molecule has 1 aliphatic heterocycles. The summed E-state index contributed by atoms with van der Waals surface area (Å²) in [5.74, 6) is 1.27. The zero-order valence-corrected chi connectivity index (χ0v) is 13.8. The molecule has 0 unspecified atom stereocenters. The van der Waals surface area contributed by atoms with Gasteiger partial charge in [-0.05, 0) is 37.5 Å². The van der Waals surface area contributed by atoms with Crippen LogP contribution in [0.25, 0.3) is 0 Å². The normalized spacial score (nSPS) is 17.0. The Balaban J connectivity index is 1.53. The van der Waals surface area contributed by atoms with Gasteiger partial charge in [-0.3, -0.25) is 5.10 Å². The minimum absolute atomic E-state index is 0.0338. The Morgan fingerprint density at radius 3 is 2.87 bits per heavy atom. The quantitative estimate of drug-likeness (QED) is 0.906. The van der Waals surface area contributed by atoms with E-state index in [9.17, 15) is 4.79 Å². The Morgan fingerprint density at radius 1 is 1.43 bits per heavy atom. The first-order valence-electron chi connectivity index (χ1n) is 7.79. The van der Waals surface area contributed by atoms with Crippen LogP contribution >= 0.6 is 11.6 Å². The molecule has 1 aromatic carbocycles. The summed E-state index contributed by atoms with van der Waals surface area (Å²) >= 11 is 6.00. The third kappa shape index (κ3) is 3.82. The zero-order valence-electron chi connectivity index (χ0n) is 13.0. The number of amides is 2. The number of urea groups is 1. The molecular formula is C16H20ClN5O. The van der Waals surface area contributed by atoms with Crippen molar-refractivity contribution in [3.63, 3.8) is 0 Å². The number of likely N-dealkylation sites (tertiary alicyclic amines) is 1. The molecule has 0 aliphatic carbocycles. The average molecular weight is 334 g/mol. The van der Waals surface area contributed by atoms with E-state index in [1.807, 2.05) is 36.1 Å². The highest BCUT2D eigenvalue weighted by atomic mass is 35.5. The van der Waals surface area contributed by atoms with Crippen molar-refractivity contribution >= 4 is 17.6 Å². The molecule has 23 heavy (non-hydrogen) atoms. The molecule has 7 heteroatoms. The van der Waals surface area contributed by atoms with Crippen molar-refractivity contribution in [2.75, 3.05) is 13.1 Å². The predicted octanol–water partition coefficient (Wildman–Crippen LogP) is 3.11. The van der Waals surface area contributed by atoms with E-state index < -0.39 is 0 Å². The molecule has 2 N–H and O–H groups in total. The van der Waals surface area contributed by atoms with E-state index in [4.69, 9.17) is 11.6 Å². The fraction of sp³-hybridized carbons (Fsp3) is 0.438. The first-order chi connectivity index (χ1) is 11.1. The molecule has 2 amide bonds. The number of hydrogen-bond donors (Lipinski definition) is 2. The lowest BCUT2D eigenvalue weighted by molar-refractivity contribution is 0.177. The summed E-state index contributed by atoms with van der Waals surface area (Å²) in [5, 5.41) is 10.5. The van der Waals surface area contributed by atoms with Crippen LogP contribution in [0.1, 0.15) is 43.1 Å². The standard InChI is InChI=1S/C16H20ClN5O/c1-11(13-3-2-4-14(17)9-13)20-16(23)22-7-5-12(6-8-22)15-18-10-19-21-15/h2-4,9-12H,5-8H2,1H3,(H,20,23)(H,18,19,21)/t11-/m1/s1. The van der Waals surface area contributed by atoms with Gasteiger partial charge in [0.2, 0.25) is 0 Å². The van der Waals surface area contributed by atoms with Crippen LogP contribution < -0.4 is 5.32 Å². The molecule has 1 aliphatic rings. The number of nitrogens with one attached hydrogen (secondary N) is 2. The number of hydrogen-bond acceptors (Lipinski definition) is 3. The van der Waals surface area contributed by atoms with E-state index in [0.29, 0.717) is 10.9 Å². The Labute approximate surface area is 140 Å². The van der Waals surface area contributed by atoms with Gasteiger partial charge in [0.15, 0.2) is 0 Å². The molecule has 1 saturated heterocycles. The Morgan fingerprint density at radius 2 is 2.22 bits per heavy atom. The highest BCUT2D eigenvalue weighted by Crippen LogP contribution is 2.25. The van der Waals surface area contributed by atoms with Crippen molar-refractivity contribution in [3.8, 4) is 0 Å². The molecule has 2 heterocycles. The maximum absolute atomic E-state index is 12.4. The Bertz CT molecular complexity index is 652. The zero-order chi connectivity index (χ0) is 16.2. The lowest BCUT2D eigenvalue weighted by Crippen LogP contribution is -2.44. The SMILES string of the molecule is C[C@@H](NC(=O)N1CCC(c2ncn[nH]2)CC1)c1cccc(Cl)c1. The molecule has 0 saturated carbocycles. The molecule has 6 nitrogen and oxygen atoms in total. The van der Waals surface area contributed by atoms with Crippen LogP contribution in [0.3, 0.4) is 0 Å². The number of piperidine rings is 1. The van der Waals surface area contributed by atoms with E-state index in [0.717, 1.165) is 37.3 Å². The second kappa shape index (κ2) is 7.00. The summed E-state index contributed by atoms with van der Waals surface area (Å²) < 4.78 is 0. The molecule has 1 fully saturated rings. The van der Waals surface area contributed by atoms with Crippen LogP contribution in [-0.2, 0) is 0 Å². The van der Waals surface area contributed by atoms with Gasteiger partial charge in [-0.15, -0.1) is 0 Å². The van der Waals surface area contributed by atoms with Crippen molar-refractivity contribution < 1.29 is 4.79 Å². The van der Waals surface area contributed by atoms with Gasteiger partial charge in [-0.2, -0.15) is 5.10 Å². The van der Waals surface area contributed by atoms with Crippen LogP contribution in [0.4, 0.5) is 4.79 Å². The van der Waals surface area contributed by atoms with Crippen molar-refractivity contribution in [2.45, 2.75) is 31.7 Å². The third-order valence-electron chi connectivity index (χ3n) is 4.29. The lowest BCUT2D eigenvalue weighted by Gasteiger charge is -2.32. The van der Waals surface area contributed by atoms with Gasteiger partial charge in [0.1, 0.15) is 12.2 Å². The van der Waals surface area contributed by atoms with E-state index in [-0.39, 0.29) is 12.1 Å². The van der Waals surface area contributed by atoms with Gasteiger partial charge in [0, 0.05) is 24.0 Å². The summed E-state index contributed by atoms with van der Waals surface area (Å²) in [6.45, 7) is 3.41. The summed E-state index contributed by atoms with van der Waals surface area (Å²) in [4.78, 5) is 18.5. The summed E-state index contributed by atoms with van der Waals surface area (Å²) in [5.41, 5.74) is 1.00. The van der Waals surface area contributed by atoms with Gasteiger partial charge in [0.25, 0.3) is 0 Å². The van der Waals surface area contributed by atoms with Gasteiger partial charge >= 0.3 is 6.03 Å². The second-order valence-electron chi connectivity index (χ2n) is 5.86. The number of halogens is 1. The molecule has 0 bridgehead atoms. The third-order valence-corrected chi connectivity index (χ3v) is 4.53. The number of aromatic nitrogens is 3. The Kier molecular flexibility index (Phi) is 4.81. The van der Waals surface area contributed by atoms with Crippen LogP contribution in [0.5, 0.6) is 0 Å². The molecular weight excluding hydrogens is 314 g/mol. The number of benzene rings is 1. The molecule has 0 radical (unpaired) electrons. The fourth-order valence-corrected chi connectivity index (χ4v) is 3.10. The highest BCUT2D eigenvalue weighted by molar-refractivity contribution is 6.30. The first-order valence-corrected chi connectivity index (χ1v) is 8.17. The average Bonchev–Trinajstić information content (AvgIpc) is 3.09. The summed E-state index contributed by atoms with van der Waals surface area (Å²) in [6.07, 6.45) is 3.32. The smallest absolute Gasteiger partial charge is 0.317 e. The molecule has 1 aromatic heterocycles. The maximum Gasteiger partial charge on any atom is 0.317 e. The van der Waals surface area contributed by atoms with Crippen molar-refractivity contribution in [1.82, 2.24) is 25.4 Å². The van der Waals surface area contributed by atoms with Gasteiger partial charge in [-0.1, -0.05) is 23.7 Å². The summed E-state index contributed by atoms with van der Waals surface area (Å²) in [7, 11) is 0. The number of H-pyrrole nitrogens is 1.